The summed E-state index contributed by atoms with van der Waals surface area (Å²) in [7, 11) is 0. The molecule has 0 N–H and O–H groups in total. The number of amides is 2. The molecule has 23 heavy (non-hydrogen) atoms. The molecule has 5 heteroatoms. The van der Waals surface area contributed by atoms with Crippen molar-refractivity contribution in [3.63, 3.8) is 0 Å². The van der Waals surface area contributed by atoms with Crippen molar-refractivity contribution in [3.8, 4) is 6.07 Å². The van der Waals surface area contributed by atoms with E-state index in [2.05, 4.69) is 6.07 Å². The minimum atomic E-state index is -0.457. The van der Waals surface area contributed by atoms with Gasteiger partial charge >= 0.3 is 0 Å². The minimum absolute atomic E-state index is 0.0248. The van der Waals surface area contributed by atoms with Crippen LogP contribution in [0.1, 0.15) is 24.8 Å². The van der Waals surface area contributed by atoms with Crippen molar-refractivity contribution < 1.29 is 14.4 Å². The maximum atomic E-state index is 12.8. The molecule has 0 spiro atoms. The second-order valence-corrected chi connectivity index (χ2v) is 6.68. The zero-order valence-electron chi connectivity index (χ0n) is 12.6. The van der Waals surface area contributed by atoms with E-state index in [-0.39, 0.29) is 35.4 Å². The van der Waals surface area contributed by atoms with Gasteiger partial charge in [0.1, 0.15) is 5.78 Å². The van der Waals surface area contributed by atoms with Gasteiger partial charge in [-0.2, -0.15) is 5.26 Å². The topological polar surface area (TPSA) is 78.2 Å². The van der Waals surface area contributed by atoms with Crippen LogP contribution < -0.4 is 4.90 Å². The van der Waals surface area contributed by atoms with E-state index >= 15 is 0 Å². The SMILES string of the molecule is N#CCc1ccc(N2C(=O)C3[C@@H](C2=O)[C@@H]2CC[C@H]3C(=O)C2)cc1. The third-order valence-corrected chi connectivity index (χ3v) is 5.54. The second-order valence-electron chi connectivity index (χ2n) is 6.68. The highest BCUT2D eigenvalue weighted by atomic mass is 16.2. The van der Waals surface area contributed by atoms with Gasteiger partial charge < -0.3 is 0 Å². The van der Waals surface area contributed by atoms with E-state index in [4.69, 9.17) is 5.26 Å². The lowest BCUT2D eigenvalue weighted by Gasteiger charge is -2.41. The molecule has 1 unspecified atom stereocenters. The molecule has 1 heterocycles. The highest BCUT2D eigenvalue weighted by Crippen LogP contribution is 2.52. The number of hydrogen-bond acceptors (Lipinski definition) is 4. The number of carbonyl (C=O) groups is 3. The monoisotopic (exact) mass is 308 g/mol. The van der Waals surface area contributed by atoms with Crippen molar-refractivity contribution in [2.45, 2.75) is 25.7 Å². The van der Waals surface area contributed by atoms with Gasteiger partial charge in [-0.15, -0.1) is 0 Å². The fourth-order valence-corrected chi connectivity index (χ4v) is 4.49. The molecule has 0 aromatic heterocycles. The first-order valence-corrected chi connectivity index (χ1v) is 7.98. The predicted octanol–water partition coefficient (Wildman–Crippen LogP) is 1.86. The van der Waals surface area contributed by atoms with E-state index < -0.39 is 5.92 Å². The number of anilines is 1. The summed E-state index contributed by atoms with van der Waals surface area (Å²) in [5.41, 5.74) is 1.39. The van der Waals surface area contributed by atoms with Crippen molar-refractivity contribution in [3.05, 3.63) is 29.8 Å². The van der Waals surface area contributed by atoms with Crippen LogP contribution >= 0.6 is 0 Å². The van der Waals surface area contributed by atoms with Gasteiger partial charge in [0.2, 0.25) is 11.8 Å². The van der Waals surface area contributed by atoms with Gasteiger partial charge in [0, 0.05) is 12.3 Å². The van der Waals surface area contributed by atoms with Crippen LogP contribution in [0.5, 0.6) is 0 Å². The fourth-order valence-electron chi connectivity index (χ4n) is 4.49. The molecule has 1 saturated heterocycles. The Morgan fingerprint density at radius 3 is 2.39 bits per heavy atom. The maximum absolute atomic E-state index is 12.8. The molecule has 1 aliphatic heterocycles. The molecule has 1 aromatic rings. The van der Waals surface area contributed by atoms with Crippen LogP contribution in [0.25, 0.3) is 0 Å². The van der Waals surface area contributed by atoms with Crippen LogP contribution in [0.4, 0.5) is 5.69 Å². The molecule has 5 nitrogen and oxygen atoms in total. The number of benzene rings is 1. The van der Waals surface area contributed by atoms with E-state index in [1.165, 1.54) is 4.90 Å². The standard InChI is InChI=1S/C18H16N2O3/c19-8-7-10-1-4-12(5-2-10)20-17(22)15-11-3-6-13(14(21)9-11)16(15)18(20)23/h1-2,4-5,11,13,15-16H,3,6-7,9H2/t11-,13+,15+,16?/m1/s1. The Balaban J connectivity index is 1.68. The molecule has 3 aliphatic carbocycles. The van der Waals surface area contributed by atoms with Crippen molar-refractivity contribution in [1.29, 1.82) is 5.26 Å². The van der Waals surface area contributed by atoms with Crippen molar-refractivity contribution in [1.82, 2.24) is 0 Å². The molecule has 0 radical (unpaired) electrons. The predicted molar refractivity (Wildman–Crippen MR) is 81.1 cm³/mol. The Kier molecular flexibility index (Phi) is 3.08. The third-order valence-electron chi connectivity index (χ3n) is 5.54. The van der Waals surface area contributed by atoms with Crippen molar-refractivity contribution in [2.24, 2.45) is 23.7 Å². The van der Waals surface area contributed by atoms with Crippen LogP contribution in [0.2, 0.25) is 0 Å². The van der Waals surface area contributed by atoms with Crippen LogP contribution in [-0.4, -0.2) is 17.6 Å². The van der Waals surface area contributed by atoms with Gasteiger partial charge in [-0.25, -0.2) is 0 Å². The number of rotatable bonds is 2. The van der Waals surface area contributed by atoms with Gasteiger partial charge in [0.25, 0.3) is 0 Å². The van der Waals surface area contributed by atoms with Crippen molar-refractivity contribution in [2.75, 3.05) is 4.90 Å². The van der Waals surface area contributed by atoms with Crippen LogP contribution in [0.15, 0.2) is 24.3 Å². The molecule has 3 saturated carbocycles. The molecule has 4 aliphatic rings. The maximum Gasteiger partial charge on any atom is 0.238 e. The average Bonchev–Trinajstić information content (AvgIpc) is 2.82. The zero-order valence-corrected chi connectivity index (χ0v) is 12.6. The number of hydrogen-bond donors (Lipinski definition) is 0. The molecule has 4 fully saturated rings. The number of fused-ring (bicyclic) bond motifs is 2. The lowest BCUT2D eigenvalue weighted by molar-refractivity contribution is -0.143. The summed E-state index contributed by atoms with van der Waals surface area (Å²) in [5, 5.41) is 8.71. The third kappa shape index (κ3) is 1.94. The number of Topliss-reactive ketones (excluding diaryl/α,β-unsaturated/α-hetero) is 1. The van der Waals surface area contributed by atoms with Crippen molar-refractivity contribution >= 4 is 23.3 Å². The van der Waals surface area contributed by atoms with Gasteiger partial charge in [0.05, 0.1) is 30.0 Å². The molecule has 5 rings (SSSR count). The molecular weight excluding hydrogens is 292 g/mol. The smallest absolute Gasteiger partial charge is 0.238 e. The molecule has 4 atom stereocenters. The van der Waals surface area contributed by atoms with Gasteiger partial charge in [-0.05, 0) is 36.5 Å². The van der Waals surface area contributed by atoms with E-state index in [9.17, 15) is 14.4 Å². The van der Waals surface area contributed by atoms with Gasteiger partial charge in [-0.1, -0.05) is 12.1 Å². The van der Waals surface area contributed by atoms with Gasteiger partial charge in [-0.3, -0.25) is 19.3 Å². The first-order chi connectivity index (χ1) is 11.1. The first-order valence-electron chi connectivity index (χ1n) is 7.98. The summed E-state index contributed by atoms with van der Waals surface area (Å²) in [6, 6.07) is 9.02. The first kappa shape index (κ1) is 14.1. The molecular formula is C18H16N2O3. The largest absolute Gasteiger partial charge is 0.299 e. The molecule has 116 valence electrons. The second kappa shape index (κ2) is 5.02. The number of carbonyl (C=O) groups excluding carboxylic acids is 3. The quantitative estimate of drug-likeness (QED) is 0.781. The zero-order chi connectivity index (χ0) is 16.1. The summed E-state index contributed by atoms with van der Waals surface area (Å²) >= 11 is 0. The van der Waals surface area contributed by atoms with E-state index in [1.807, 2.05) is 0 Å². The summed E-state index contributed by atoms with van der Waals surface area (Å²) in [4.78, 5) is 39.0. The van der Waals surface area contributed by atoms with Crippen LogP contribution in [0, 0.1) is 35.0 Å². The highest BCUT2D eigenvalue weighted by molar-refractivity contribution is 6.23. The fraction of sp³-hybridized carbons (Fsp3) is 0.444. The van der Waals surface area contributed by atoms with E-state index in [0.717, 1.165) is 18.4 Å². The number of imide groups is 1. The lowest BCUT2D eigenvalue weighted by atomic mass is 9.59. The normalized spacial score (nSPS) is 32.1. The number of nitrogens with zero attached hydrogens (tertiary/aromatic N) is 2. The number of nitriles is 1. The van der Waals surface area contributed by atoms with Gasteiger partial charge in [0.15, 0.2) is 0 Å². The van der Waals surface area contributed by atoms with E-state index in [0.29, 0.717) is 18.5 Å². The minimum Gasteiger partial charge on any atom is -0.299 e. The molecule has 2 amide bonds. The highest BCUT2D eigenvalue weighted by Gasteiger charge is 2.60. The molecule has 2 bridgehead atoms. The average molecular weight is 308 g/mol. The van der Waals surface area contributed by atoms with Crippen LogP contribution in [-0.2, 0) is 20.8 Å². The Morgan fingerprint density at radius 2 is 1.74 bits per heavy atom. The summed E-state index contributed by atoms with van der Waals surface area (Å²) in [6.07, 6.45) is 2.34. The van der Waals surface area contributed by atoms with E-state index in [1.54, 1.807) is 24.3 Å². The Hall–Kier alpha value is -2.48. The number of ketones is 1. The Bertz CT molecular complexity index is 747. The molecule has 1 aromatic carbocycles. The summed E-state index contributed by atoms with van der Waals surface area (Å²) < 4.78 is 0. The Labute approximate surface area is 133 Å². The summed E-state index contributed by atoms with van der Waals surface area (Å²) in [5.74, 6) is -1.26. The Morgan fingerprint density at radius 1 is 1.04 bits per heavy atom. The van der Waals surface area contributed by atoms with Crippen LogP contribution in [0.3, 0.4) is 0 Å². The lowest BCUT2D eigenvalue weighted by Crippen LogP contribution is -2.46. The summed E-state index contributed by atoms with van der Waals surface area (Å²) in [6.45, 7) is 0.